The summed E-state index contributed by atoms with van der Waals surface area (Å²) < 4.78 is 23.0. The normalized spacial score (nSPS) is 18.8. The predicted molar refractivity (Wildman–Crippen MR) is 121 cm³/mol. The maximum atomic E-state index is 12.4. The van der Waals surface area contributed by atoms with Crippen molar-refractivity contribution in [2.24, 2.45) is 5.92 Å². The highest BCUT2D eigenvalue weighted by atomic mass is 32.2. The molecule has 0 saturated heterocycles. The number of para-hydroxylation sites is 2. The van der Waals surface area contributed by atoms with Crippen LogP contribution in [0, 0.1) is 5.92 Å². The van der Waals surface area contributed by atoms with E-state index in [0.717, 1.165) is 35.1 Å². The smallest absolute Gasteiger partial charge is 0.242 e. The Morgan fingerprint density at radius 3 is 2.56 bits per heavy atom. The molecule has 0 aliphatic heterocycles. The van der Waals surface area contributed by atoms with Crippen LogP contribution in [0.15, 0.2) is 53.4 Å². The van der Waals surface area contributed by atoms with Gasteiger partial charge in [-0.3, -0.25) is 9.59 Å². The largest absolute Gasteiger partial charge is 0.350 e. The Balaban J connectivity index is 1.22. The van der Waals surface area contributed by atoms with E-state index in [1.807, 2.05) is 24.3 Å². The fourth-order valence-electron chi connectivity index (χ4n) is 3.76. The Kier molecular flexibility index (Phi) is 6.01. The molecule has 0 radical (unpaired) electrons. The van der Waals surface area contributed by atoms with Crippen LogP contribution in [0.25, 0.3) is 11.0 Å². The molecule has 2 aromatic carbocycles. The van der Waals surface area contributed by atoms with Crippen molar-refractivity contribution in [2.75, 3.05) is 6.26 Å². The number of aromatic amines is 1. The number of sulfone groups is 1. The third-order valence-electron chi connectivity index (χ3n) is 5.72. The number of rotatable bonds is 8. The van der Waals surface area contributed by atoms with E-state index in [1.54, 1.807) is 19.1 Å². The molecule has 2 amide bonds. The molecule has 0 bridgehead atoms. The summed E-state index contributed by atoms with van der Waals surface area (Å²) in [7, 11) is -3.25. The number of fused-ring (bicyclic) bond motifs is 1. The van der Waals surface area contributed by atoms with Crippen LogP contribution in [0.3, 0.4) is 0 Å². The standard InChI is InChI=1S/C23H26N4O4S/c1-14(23(29)24-13-15-7-9-17(10-8-15)32(2,30)31)25-21(28)12-16-11-18(16)22-26-19-5-3-4-6-20(19)27-22/h3-10,14,16,18H,11-13H2,1-2H3,(H,24,29)(H,25,28)(H,26,27)/t14-,16-,18-/m0/s1. The van der Waals surface area contributed by atoms with Crippen LogP contribution in [0.5, 0.6) is 0 Å². The minimum Gasteiger partial charge on any atom is -0.350 e. The number of aromatic nitrogens is 2. The Morgan fingerprint density at radius 2 is 1.88 bits per heavy atom. The first-order valence-electron chi connectivity index (χ1n) is 10.5. The Labute approximate surface area is 186 Å². The van der Waals surface area contributed by atoms with Gasteiger partial charge in [0.25, 0.3) is 0 Å². The van der Waals surface area contributed by atoms with Crippen molar-refractivity contribution in [3.05, 3.63) is 59.9 Å². The van der Waals surface area contributed by atoms with E-state index >= 15 is 0 Å². The predicted octanol–water partition coefficient (Wildman–Crippen LogP) is 2.28. The molecule has 0 spiro atoms. The number of H-pyrrole nitrogens is 1. The number of benzene rings is 2. The van der Waals surface area contributed by atoms with Crippen molar-refractivity contribution in [2.45, 2.75) is 43.2 Å². The summed E-state index contributed by atoms with van der Waals surface area (Å²) in [5, 5.41) is 5.52. The van der Waals surface area contributed by atoms with Gasteiger partial charge in [-0.05, 0) is 49.1 Å². The van der Waals surface area contributed by atoms with Gasteiger partial charge in [0.2, 0.25) is 11.8 Å². The van der Waals surface area contributed by atoms with E-state index in [2.05, 4.69) is 20.6 Å². The average Bonchev–Trinajstić information content (AvgIpc) is 3.37. The molecule has 0 unspecified atom stereocenters. The van der Waals surface area contributed by atoms with Gasteiger partial charge in [-0.15, -0.1) is 0 Å². The molecular weight excluding hydrogens is 428 g/mol. The zero-order valence-corrected chi connectivity index (χ0v) is 18.8. The Bertz CT molecular complexity index is 1220. The van der Waals surface area contributed by atoms with Gasteiger partial charge in [0.1, 0.15) is 11.9 Å². The monoisotopic (exact) mass is 454 g/mol. The number of carbonyl (C=O) groups is 2. The molecule has 3 aromatic rings. The van der Waals surface area contributed by atoms with Crippen LogP contribution in [0.2, 0.25) is 0 Å². The molecule has 3 atom stereocenters. The minimum atomic E-state index is -3.25. The second-order valence-electron chi connectivity index (χ2n) is 8.37. The fourth-order valence-corrected chi connectivity index (χ4v) is 4.39. The number of imidazole rings is 1. The average molecular weight is 455 g/mol. The van der Waals surface area contributed by atoms with Gasteiger partial charge < -0.3 is 15.6 Å². The lowest BCUT2D eigenvalue weighted by atomic mass is 10.2. The first-order valence-corrected chi connectivity index (χ1v) is 12.4. The summed E-state index contributed by atoms with van der Waals surface area (Å²) in [5.74, 6) is 0.923. The van der Waals surface area contributed by atoms with E-state index in [1.165, 1.54) is 12.1 Å². The summed E-state index contributed by atoms with van der Waals surface area (Å²) >= 11 is 0. The number of amides is 2. The molecule has 4 rings (SSSR count). The number of hydrogen-bond donors (Lipinski definition) is 3. The van der Waals surface area contributed by atoms with E-state index < -0.39 is 15.9 Å². The Hall–Kier alpha value is -3.20. The van der Waals surface area contributed by atoms with Crippen LogP contribution in [-0.4, -0.2) is 42.5 Å². The SMILES string of the molecule is C[C@H](NC(=O)C[C@@H]1C[C@@H]1c1nc2ccccc2[nH]1)C(=O)NCc1ccc(S(C)(=O)=O)cc1. The summed E-state index contributed by atoms with van der Waals surface area (Å²) in [6, 6.07) is 13.5. The number of hydrogen-bond acceptors (Lipinski definition) is 5. The topological polar surface area (TPSA) is 121 Å². The number of carbonyl (C=O) groups excluding carboxylic acids is 2. The minimum absolute atomic E-state index is 0.159. The molecular formula is C23H26N4O4S. The summed E-state index contributed by atoms with van der Waals surface area (Å²) in [6.45, 7) is 1.89. The van der Waals surface area contributed by atoms with Gasteiger partial charge in [0, 0.05) is 25.1 Å². The van der Waals surface area contributed by atoms with Gasteiger partial charge in [-0.2, -0.15) is 0 Å². The van der Waals surface area contributed by atoms with Crippen LogP contribution in [-0.2, 0) is 26.0 Å². The molecule has 3 N–H and O–H groups in total. The van der Waals surface area contributed by atoms with Crippen molar-refractivity contribution in [3.63, 3.8) is 0 Å². The molecule has 8 nitrogen and oxygen atoms in total. The van der Waals surface area contributed by atoms with Gasteiger partial charge in [0.15, 0.2) is 9.84 Å². The van der Waals surface area contributed by atoms with Gasteiger partial charge in [0.05, 0.1) is 15.9 Å². The van der Waals surface area contributed by atoms with Crippen molar-refractivity contribution in [1.82, 2.24) is 20.6 Å². The number of nitrogens with zero attached hydrogens (tertiary/aromatic N) is 1. The molecule has 1 aliphatic rings. The summed E-state index contributed by atoms with van der Waals surface area (Å²) in [4.78, 5) is 32.9. The molecule has 168 valence electrons. The molecule has 1 fully saturated rings. The van der Waals surface area contributed by atoms with Crippen molar-refractivity contribution in [3.8, 4) is 0 Å². The maximum absolute atomic E-state index is 12.4. The van der Waals surface area contributed by atoms with E-state index in [4.69, 9.17) is 0 Å². The fraction of sp³-hybridized carbons (Fsp3) is 0.348. The van der Waals surface area contributed by atoms with Crippen molar-refractivity contribution >= 4 is 32.7 Å². The van der Waals surface area contributed by atoms with E-state index in [-0.39, 0.29) is 35.1 Å². The highest BCUT2D eigenvalue weighted by Crippen LogP contribution is 2.48. The highest BCUT2D eigenvalue weighted by molar-refractivity contribution is 7.90. The van der Waals surface area contributed by atoms with Gasteiger partial charge in [-0.1, -0.05) is 24.3 Å². The van der Waals surface area contributed by atoms with Crippen molar-refractivity contribution < 1.29 is 18.0 Å². The first-order chi connectivity index (χ1) is 15.2. The van der Waals surface area contributed by atoms with Crippen LogP contribution in [0.4, 0.5) is 0 Å². The third-order valence-corrected chi connectivity index (χ3v) is 6.85. The van der Waals surface area contributed by atoms with Crippen LogP contribution >= 0.6 is 0 Å². The molecule has 1 aliphatic carbocycles. The zero-order valence-electron chi connectivity index (χ0n) is 18.0. The Morgan fingerprint density at radius 1 is 1.16 bits per heavy atom. The third kappa shape index (κ3) is 5.16. The zero-order chi connectivity index (χ0) is 22.9. The van der Waals surface area contributed by atoms with Crippen molar-refractivity contribution in [1.29, 1.82) is 0 Å². The quantitative estimate of drug-likeness (QED) is 0.482. The molecule has 1 saturated carbocycles. The van der Waals surface area contributed by atoms with E-state index in [9.17, 15) is 18.0 Å². The highest BCUT2D eigenvalue weighted by Gasteiger charge is 2.42. The molecule has 1 aromatic heterocycles. The van der Waals surface area contributed by atoms with E-state index in [0.29, 0.717) is 6.42 Å². The van der Waals surface area contributed by atoms with Gasteiger partial charge >= 0.3 is 0 Å². The lowest BCUT2D eigenvalue weighted by molar-refractivity contribution is -0.128. The second-order valence-corrected chi connectivity index (χ2v) is 10.4. The number of nitrogens with one attached hydrogen (secondary N) is 3. The molecule has 32 heavy (non-hydrogen) atoms. The second kappa shape index (κ2) is 8.74. The van der Waals surface area contributed by atoms with Gasteiger partial charge in [-0.25, -0.2) is 13.4 Å². The summed E-state index contributed by atoms with van der Waals surface area (Å²) in [5.41, 5.74) is 2.69. The maximum Gasteiger partial charge on any atom is 0.242 e. The lowest BCUT2D eigenvalue weighted by Crippen LogP contribution is -2.44. The van der Waals surface area contributed by atoms with Crippen LogP contribution < -0.4 is 10.6 Å². The molecule has 1 heterocycles. The lowest BCUT2D eigenvalue weighted by Gasteiger charge is -2.14. The summed E-state index contributed by atoms with van der Waals surface area (Å²) in [6.07, 6.45) is 2.40. The first kappa shape index (κ1) is 22.0. The molecule has 9 heteroatoms. The van der Waals surface area contributed by atoms with Crippen LogP contribution in [0.1, 0.15) is 37.1 Å².